The summed E-state index contributed by atoms with van der Waals surface area (Å²) >= 11 is 0. The zero-order valence-corrected chi connectivity index (χ0v) is 48.4. The van der Waals surface area contributed by atoms with Crippen LogP contribution in [0.15, 0.2) is 85.1 Å². The van der Waals surface area contributed by atoms with Crippen molar-refractivity contribution in [1.82, 2.24) is 0 Å². The van der Waals surface area contributed by atoms with Crippen LogP contribution in [0.4, 0.5) is 0 Å². The van der Waals surface area contributed by atoms with Gasteiger partial charge in [-0.15, -0.1) is 0 Å². The third-order valence-electron chi connectivity index (χ3n) is 13.4. The molecule has 1 rings (SSSR count). The fourth-order valence-electron chi connectivity index (χ4n) is 8.74. The number of allylic oxidation sites excluding steroid dienone is 14. The monoisotopic (exact) mass is 1080 g/mol. The van der Waals surface area contributed by atoms with E-state index in [2.05, 4.69) is 106 Å². The number of carboxylic acid groups (broad SMARTS) is 1. The number of carboxylic acids is 1. The van der Waals surface area contributed by atoms with E-state index < -0.39 is 67.3 Å². The lowest BCUT2D eigenvalue weighted by Crippen LogP contribution is -2.61. The van der Waals surface area contributed by atoms with Gasteiger partial charge in [-0.05, 0) is 116 Å². The van der Waals surface area contributed by atoms with Gasteiger partial charge in [0.25, 0.3) is 0 Å². The second-order valence-corrected chi connectivity index (χ2v) is 20.6. The summed E-state index contributed by atoms with van der Waals surface area (Å²) in [6.07, 6.45) is 55.5. The summed E-state index contributed by atoms with van der Waals surface area (Å²) in [5.74, 6) is -3.20. The maximum atomic E-state index is 13.1. The summed E-state index contributed by atoms with van der Waals surface area (Å²) in [4.78, 5) is 51.2. The van der Waals surface area contributed by atoms with E-state index >= 15 is 0 Å². The van der Waals surface area contributed by atoms with Gasteiger partial charge in [0, 0.05) is 19.3 Å². The van der Waals surface area contributed by atoms with E-state index in [1.807, 2.05) is 0 Å². The van der Waals surface area contributed by atoms with Gasteiger partial charge in [-0.3, -0.25) is 14.4 Å². The Balaban J connectivity index is 2.72. The normalized spacial score (nSPS) is 18.6. The van der Waals surface area contributed by atoms with E-state index in [1.54, 1.807) is 0 Å². The molecule has 0 spiro atoms. The molecular formula is C65H108O12. The number of carbonyl (C=O) groups excluding carboxylic acids is 3. The van der Waals surface area contributed by atoms with Crippen LogP contribution in [0, 0.1) is 0 Å². The van der Waals surface area contributed by atoms with Crippen LogP contribution in [0.25, 0.3) is 0 Å². The van der Waals surface area contributed by atoms with Crippen molar-refractivity contribution in [1.29, 1.82) is 0 Å². The molecule has 0 aliphatic carbocycles. The largest absolute Gasteiger partial charge is 0.479 e. The third kappa shape index (κ3) is 42.5. The van der Waals surface area contributed by atoms with Crippen LogP contribution < -0.4 is 0 Å². The first-order valence-corrected chi connectivity index (χ1v) is 30.6. The van der Waals surface area contributed by atoms with Crippen LogP contribution >= 0.6 is 0 Å². The van der Waals surface area contributed by atoms with Crippen LogP contribution in [0.1, 0.15) is 252 Å². The highest BCUT2D eigenvalue weighted by Crippen LogP contribution is 2.26. The molecule has 77 heavy (non-hydrogen) atoms. The Bertz CT molecular complexity index is 1660. The zero-order chi connectivity index (χ0) is 56.1. The molecule has 0 saturated carbocycles. The van der Waals surface area contributed by atoms with Crippen molar-refractivity contribution < 1.29 is 58.2 Å². The number of aliphatic hydroxyl groups excluding tert-OH is 2. The lowest BCUT2D eigenvalue weighted by molar-refractivity contribution is -0.301. The summed E-state index contributed by atoms with van der Waals surface area (Å²) < 4.78 is 28.4. The van der Waals surface area contributed by atoms with E-state index in [1.165, 1.54) is 77.0 Å². The first kappa shape index (κ1) is 70.9. The van der Waals surface area contributed by atoms with Gasteiger partial charge in [0.2, 0.25) is 0 Å². The molecular weight excluding hydrogens is 973 g/mol. The van der Waals surface area contributed by atoms with Crippen LogP contribution in [0.2, 0.25) is 0 Å². The quantitative estimate of drug-likeness (QED) is 0.0228. The first-order valence-electron chi connectivity index (χ1n) is 30.6. The van der Waals surface area contributed by atoms with Crippen molar-refractivity contribution in [2.24, 2.45) is 0 Å². The molecule has 440 valence electrons. The van der Waals surface area contributed by atoms with E-state index in [-0.39, 0.29) is 25.9 Å². The number of rotatable bonds is 51. The number of aliphatic carboxylic acids is 1. The fourth-order valence-corrected chi connectivity index (χ4v) is 8.74. The summed E-state index contributed by atoms with van der Waals surface area (Å²) in [7, 11) is 0. The summed E-state index contributed by atoms with van der Waals surface area (Å²) in [5, 5.41) is 31.5. The Labute approximate surface area is 467 Å². The van der Waals surface area contributed by atoms with Crippen molar-refractivity contribution in [3.63, 3.8) is 0 Å². The SMILES string of the molecule is CC/C=C\C/C=C\C/C=C\C/C=C\CCCCC(=O)OC(COC(=O)CCCCCCCCC/C=C\C/C=C\CCCCC)COC1OC(C(=O)O)C(O)C(O)C1OC(=O)CCCCCCC/C=C\CCCCCCCC. The topological polar surface area (TPSA) is 175 Å². The van der Waals surface area contributed by atoms with E-state index in [0.29, 0.717) is 19.3 Å². The van der Waals surface area contributed by atoms with E-state index in [0.717, 1.165) is 116 Å². The van der Waals surface area contributed by atoms with E-state index in [9.17, 15) is 34.5 Å². The number of ether oxygens (including phenoxy) is 5. The van der Waals surface area contributed by atoms with Gasteiger partial charge >= 0.3 is 23.9 Å². The highest BCUT2D eigenvalue weighted by molar-refractivity contribution is 5.74. The minimum Gasteiger partial charge on any atom is -0.479 e. The van der Waals surface area contributed by atoms with Crippen molar-refractivity contribution in [2.45, 2.75) is 289 Å². The van der Waals surface area contributed by atoms with Gasteiger partial charge in [-0.2, -0.15) is 0 Å². The minimum absolute atomic E-state index is 0.0423. The predicted molar refractivity (Wildman–Crippen MR) is 312 cm³/mol. The van der Waals surface area contributed by atoms with Gasteiger partial charge in [-0.25, -0.2) is 4.79 Å². The lowest BCUT2D eigenvalue weighted by atomic mass is 9.98. The van der Waals surface area contributed by atoms with Crippen molar-refractivity contribution in [3.8, 4) is 0 Å². The maximum absolute atomic E-state index is 13.1. The standard InChI is InChI=1S/C65H108O12/c1-4-7-10-13-16-19-22-25-28-29-32-33-36-39-42-45-48-51-57(66)73-54-56(75-58(67)52-49-46-43-40-37-34-30-26-23-20-17-14-11-8-5-2)55-74-65-63(61(70)60(69)62(77-65)64(71)72)76-59(68)53-50-47-44-41-38-35-31-27-24-21-18-15-12-9-6-3/h8,11,16-17,19-20,25-28,30-31,37,40,56,60-63,65,69-70H,4-7,9-10,12-15,18,21-24,29,32-36,38-39,41-55H2,1-3H3,(H,71,72)/b11-8-,19-16-,20-17-,28-25-,30-26-,31-27-,40-37-. The minimum atomic E-state index is -1.92. The molecule has 3 N–H and O–H groups in total. The van der Waals surface area contributed by atoms with Crippen LogP contribution in [0.3, 0.4) is 0 Å². The predicted octanol–water partition coefficient (Wildman–Crippen LogP) is 15.9. The molecule has 6 atom stereocenters. The summed E-state index contributed by atoms with van der Waals surface area (Å²) in [6.45, 7) is 5.81. The number of aliphatic hydroxyl groups is 2. The van der Waals surface area contributed by atoms with E-state index in [4.69, 9.17) is 23.7 Å². The molecule has 0 bridgehead atoms. The molecule has 12 nitrogen and oxygen atoms in total. The smallest absolute Gasteiger partial charge is 0.335 e. The van der Waals surface area contributed by atoms with Crippen LogP contribution in [-0.4, -0.2) is 89.2 Å². The van der Waals surface area contributed by atoms with Crippen molar-refractivity contribution in [3.05, 3.63) is 85.1 Å². The molecule has 1 saturated heterocycles. The van der Waals surface area contributed by atoms with Crippen LogP contribution in [0.5, 0.6) is 0 Å². The Morgan fingerprint density at radius 3 is 1.31 bits per heavy atom. The zero-order valence-electron chi connectivity index (χ0n) is 48.4. The number of esters is 3. The Morgan fingerprint density at radius 1 is 0.442 bits per heavy atom. The average Bonchev–Trinajstić information content (AvgIpc) is 3.43. The van der Waals surface area contributed by atoms with Crippen molar-refractivity contribution >= 4 is 23.9 Å². The highest BCUT2D eigenvalue weighted by Gasteiger charge is 2.50. The van der Waals surface area contributed by atoms with Gasteiger partial charge in [0.15, 0.2) is 24.6 Å². The molecule has 0 aromatic heterocycles. The summed E-state index contributed by atoms with van der Waals surface area (Å²) in [5.41, 5.74) is 0. The number of hydrogen-bond acceptors (Lipinski definition) is 11. The number of hydrogen-bond donors (Lipinski definition) is 3. The molecule has 1 aliphatic rings. The average molecular weight is 1080 g/mol. The van der Waals surface area contributed by atoms with Crippen molar-refractivity contribution in [2.75, 3.05) is 13.2 Å². The van der Waals surface area contributed by atoms with Gasteiger partial charge in [-0.1, -0.05) is 202 Å². The first-order chi connectivity index (χ1) is 37.6. The molecule has 1 aliphatic heterocycles. The van der Waals surface area contributed by atoms with Crippen LogP contribution in [-0.2, 0) is 42.9 Å². The molecule has 12 heteroatoms. The Morgan fingerprint density at radius 2 is 0.818 bits per heavy atom. The molecule has 0 aromatic rings. The maximum Gasteiger partial charge on any atom is 0.335 e. The highest BCUT2D eigenvalue weighted by atomic mass is 16.7. The number of carbonyl (C=O) groups is 4. The lowest BCUT2D eigenvalue weighted by Gasteiger charge is -2.40. The molecule has 6 unspecified atom stereocenters. The van der Waals surface area contributed by atoms with Gasteiger partial charge < -0.3 is 39.0 Å². The molecule has 1 heterocycles. The van der Waals surface area contributed by atoms with Gasteiger partial charge in [0.1, 0.15) is 18.8 Å². The molecule has 1 fully saturated rings. The Kier molecular flexibility index (Phi) is 48.4. The Hall–Kier alpha value is -4.10. The molecule has 0 amide bonds. The second-order valence-electron chi connectivity index (χ2n) is 20.6. The molecule has 0 aromatic carbocycles. The molecule has 0 radical (unpaired) electrons. The number of unbranched alkanes of at least 4 members (excludes halogenated alkanes) is 23. The summed E-state index contributed by atoms with van der Waals surface area (Å²) in [6, 6.07) is 0. The fraction of sp³-hybridized carbons (Fsp3) is 0.723. The van der Waals surface area contributed by atoms with Gasteiger partial charge in [0.05, 0.1) is 6.61 Å². The second kappa shape index (κ2) is 52.6. The third-order valence-corrected chi connectivity index (χ3v) is 13.4.